The Kier molecular flexibility index (Phi) is 22.2. The molecule has 9 nitrogen and oxygen atoms in total. The van der Waals surface area contributed by atoms with Crippen molar-refractivity contribution in [2.75, 3.05) is 26.4 Å². The second-order valence-electron chi connectivity index (χ2n) is 26.7. The van der Waals surface area contributed by atoms with Gasteiger partial charge in [-0.1, -0.05) is 107 Å². The minimum Gasteiger partial charge on any atom is -0.417 e. The first-order valence-electron chi connectivity index (χ1n) is 27.3. The summed E-state index contributed by atoms with van der Waals surface area (Å²) in [4.78, 5) is 23.1. The fourth-order valence-corrected chi connectivity index (χ4v) is 11.7. The van der Waals surface area contributed by atoms with E-state index in [4.69, 9.17) is 37.6 Å². The zero-order valence-electron chi connectivity index (χ0n) is 49.3. The molecule has 402 valence electrons. The van der Waals surface area contributed by atoms with Gasteiger partial charge < -0.3 is 17.7 Å². The van der Waals surface area contributed by atoms with Crippen molar-refractivity contribution in [2.45, 2.75) is 226 Å². The van der Waals surface area contributed by atoms with E-state index in [0.29, 0.717) is 13.1 Å². The normalized spacial score (nSPS) is 13.7. The highest BCUT2D eigenvalue weighted by Gasteiger charge is 2.39. The first-order valence-corrected chi connectivity index (χ1v) is 38.9. The highest BCUT2D eigenvalue weighted by Crippen LogP contribution is 2.40. The summed E-state index contributed by atoms with van der Waals surface area (Å²) in [5, 5.41) is 0.786. The maximum Gasteiger partial charge on any atom is 0.191 e. The lowest BCUT2D eigenvalue weighted by Crippen LogP contribution is -2.41. The van der Waals surface area contributed by atoms with Crippen molar-refractivity contribution < 1.29 is 17.7 Å². The summed E-state index contributed by atoms with van der Waals surface area (Å²) in [5.74, 6) is 0. The topological polar surface area (TPSA) is 91.7 Å². The molecule has 0 fully saturated rings. The van der Waals surface area contributed by atoms with Crippen LogP contribution in [0.5, 0.6) is 0 Å². The van der Waals surface area contributed by atoms with E-state index in [-0.39, 0.29) is 26.2 Å². The van der Waals surface area contributed by atoms with Crippen LogP contribution >= 0.6 is 0 Å². The summed E-state index contributed by atoms with van der Waals surface area (Å²) in [6.45, 7) is 50.5. The largest absolute Gasteiger partial charge is 0.417 e. The number of hydrogen-bond acceptors (Lipinski definition) is 9. The van der Waals surface area contributed by atoms with E-state index in [1.165, 1.54) is 22.3 Å². The van der Waals surface area contributed by atoms with Crippen molar-refractivity contribution in [3.8, 4) is 0 Å². The number of nitrogens with zero attached hydrogens (tertiary/aromatic N) is 5. The first-order chi connectivity index (χ1) is 33.2. The van der Waals surface area contributed by atoms with Gasteiger partial charge in [-0.3, -0.25) is 24.8 Å². The van der Waals surface area contributed by atoms with Crippen LogP contribution in [0.1, 0.15) is 160 Å². The first kappa shape index (κ1) is 61.8. The minimum absolute atomic E-state index is 0.192. The Hall–Kier alpha value is -2.73. The van der Waals surface area contributed by atoms with Crippen LogP contribution in [0, 0.1) is 0 Å². The summed E-state index contributed by atoms with van der Waals surface area (Å²) in [6.07, 6.45) is 15.8. The average molecular weight is 1060 g/mol. The summed E-state index contributed by atoms with van der Waals surface area (Å²) in [5.41, 5.74) is 8.79. The van der Waals surface area contributed by atoms with E-state index in [1.54, 1.807) is 0 Å². The molecule has 4 aromatic rings. The Balaban J connectivity index is 1.64. The van der Waals surface area contributed by atoms with Crippen LogP contribution in [-0.2, 0) is 56.5 Å². The third kappa shape index (κ3) is 18.8. The molecule has 0 saturated carbocycles. The molecule has 0 atom stereocenters. The SMILES string of the molecule is CC(C)(C)[Si](C)(C)OCCCc1ccc(CN(Cc2ccc(CCCO[Si](C)(C)C(C)(C)C)cn2)C(c2ccc(CCCO[Si](C)(C)C(C)(C)C)cn2)c2ccc(CCCO[Si](C)(C)C(C)(C)C)cn2)nc1. The molecule has 0 aliphatic carbocycles. The van der Waals surface area contributed by atoms with Crippen molar-refractivity contribution in [2.24, 2.45) is 0 Å². The van der Waals surface area contributed by atoms with Gasteiger partial charge in [-0.2, -0.15) is 0 Å². The summed E-state index contributed by atoms with van der Waals surface area (Å²) in [7, 11) is -7.19. The van der Waals surface area contributed by atoms with Gasteiger partial charge in [0.05, 0.1) is 28.8 Å². The zero-order valence-corrected chi connectivity index (χ0v) is 53.3. The molecule has 0 aromatic carbocycles. The van der Waals surface area contributed by atoms with Crippen molar-refractivity contribution in [3.63, 3.8) is 0 Å². The van der Waals surface area contributed by atoms with Gasteiger partial charge in [0.25, 0.3) is 0 Å². The van der Waals surface area contributed by atoms with Crippen molar-refractivity contribution >= 4 is 33.3 Å². The molecule has 72 heavy (non-hydrogen) atoms. The predicted molar refractivity (Wildman–Crippen MR) is 314 cm³/mol. The molecule has 4 heterocycles. The summed E-state index contributed by atoms with van der Waals surface area (Å²) < 4.78 is 26.1. The third-order valence-corrected chi connectivity index (χ3v) is 34.8. The van der Waals surface area contributed by atoms with Gasteiger partial charge in [0.1, 0.15) is 0 Å². The molecule has 0 aliphatic heterocycles. The smallest absolute Gasteiger partial charge is 0.191 e. The van der Waals surface area contributed by atoms with Crippen molar-refractivity contribution in [1.29, 1.82) is 0 Å². The molecule has 0 aliphatic rings. The molecule has 0 bridgehead atoms. The number of pyridine rings is 4. The molecule has 0 amide bonds. The molecule has 0 unspecified atom stereocenters. The van der Waals surface area contributed by atoms with Crippen molar-refractivity contribution in [3.05, 3.63) is 118 Å². The van der Waals surface area contributed by atoms with Crippen LogP contribution in [0.15, 0.2) is 73.3 Å². The van der Waals surface area contributed by atoms with Crippen LogP contribution in [0.25, 0.3) is 0 Å². The van der Waals surface area contributed by atoms with E-state index < -0.39 is 33.3 Å². The molecule has 4 aromatic heterocycles. The van der Waals surface area contributed by atoms with Gasteiger partial charge >= 0.3 is 0 Å². The maximum atomic E-state index is 6.54. The Labute approximate surface area is 444 Å². The lowest BCUT2D eigenvalue weighted by Gasteiger charge is -2.36. The zero-order chi connectivity index (χ0) is 53.8. The number of rotatable bonds is 27. The minimum atomic E-state index is -1.81. The Bertz CT molecular complexity index is 2050. The van der Waals surface area contributed by atoms with Gasteiger partial charge in [-0.15, -0.1) is 0 Å². The lowest BCUT2D eigenvalue weighted by molar-refractivity contribution is 0.195. The second kappa shape index (κ2) is 25.9. The van der Waals surface area contributed by atoms with Crippen molar-refractivity contribution in [1.82, 2.24) is 24.8 Å². The van der Waals surface area contributed by atoms with Gasteiger partial charge in [0.2, 0.25) is 0 Å². The predicted octanol–water partition coefficient (Wildman–Crippen LogP) is 15.9. The van der Waals surface area contributed by atoms with E-state index >= 15 is 0 Å². The fraction of sp³-hybridized carbons (Fsp3) is 0.661. The molecule has 0 spiro atoms. The number of aryl methyl sites for hydroxylation is 4. The maximum absolute atomic E-state index is 6.54. The average Bonchev–Trinajstić information content (AvgIpc) is 3.27. The highest BCUT2D eigenvalue weighted by molar-refractivity contribution is 6.75. The Morgan fingerprint density at radius 3 is 0.833 bits per heavy atom. The summed E-state index contributed by atoms with van der Waals surface area (Å²) in [6, 6.07) is 17.5. The van der Waals surface area contributed by atoms with E-state index in [1.807, 2.05) is 0 Å². The number of hydrogen-bond donors (Lipinski definition) is 0. The van der Waals surface area contributed by atoms with Crippen LogP contribution in [-0.4, -0.2) is 84.5 Å². The highest BCUT2D eigenvalue weighted by atomic mass is 28.4. The fourth-order valence-electron chi connectivity index (χ4n) is 7.34. The van der Waals surface area contributed by atoms with E-state index in [2.05, 4.69) is 214 Å². The monoisotopic (exact) mass is 1060 g/mol. The molecule has 13 heteroatoms. The van der Waals surface area contributed by atoms with Crippen LogP contribution in [0.2, 0.25) is 72.5 Å². The summed E-state index contributed by atoms with van der Waals surface area (Å²) >= 11 is 0. The van der Waals surface area contributed by atoms with E-state index in [9.17, 15) is 0 Å². The molecular formula is C59H101N5O4Si4. The molecule has 4 rings (SSSR count). The lowest BCUT2D eigenvalue weighted by atomic mass is 10.0. The van der Waals surface area contributed by atoms with Gasteiger partial charge in [-0.25, -0.2) is 0 Å². The standard InChI is InChI=1S/C59H101N5O4Si4/c1-56(2,3)69(13,14)65-37-21-25-47-29-33-51(60-41-47)45-64(46-52-34-30-48(42-61-52)26-22-38-66-70(15,16)57(4,5)6)55(53-35-31-49(43-62-53)27-23-39-67-71(17,18)58(7,8)9)54-36-32-50(44-63-54)28-24-40-68-72(19,20)59(10,11)12/h29-36,41-44,55H,21-28,37-40,45-46H2,1-20H3. The molecule has 0 saturated heterocycles. The van der Waals surface area contributed by atoms with Gasteiger partial charge in [0.15, 0.2) is 33.3 Å². The van der Waals surface area contributed by atoms with E-state index in [0.717, 1.165) is 101 Å². The molecule has 0 N–H and O–H groups in total. The molecule has 0 radical (unpaired) electrons. The third-order valence-electron chi connectivity index (χ3n) is 16.6. The Morgan fingerprint density at radius 2 is 0.625 bits per heavy atom. The van der Waals surface area contributed by atoms with Gasteiger partial charge in [0, 0.05) is 64.3 Å². The van der Waals surface area contributed by atoms with Gasteiger partial charge in [-0.05, 0) is 170 Å². The van der Waals surface area contributed by atoms with Crippen LogP contribution in [0.4, 0.5) is 0 Å². The number of aromatic nitrogens is 4. The van der Waals surface area contributed by atoms with Crippen LogP contribution < -0.4 is 0 Å². The Morgan fingerprint density at radius 1 is 0.375 bits per heavy atom. The van der Waals surface area contributed by atoms with Crippen LogP contribution in [0.3, 0.4) is 0 Å². The molecular weight excluding hydrogens is 955 g/mol. The quantitative estimate of drug-likeness (QED) is 0.0428. The second-order valence-corrected chi connectivity index (χ2v) is 45.9.